The van der Waals surface area contributed by atoms with Gasteiger partial charge in [-0.1, -0.05) is 18.2 Å². The fourth-order valence-electron chi connectivity index (χ4n) is 2.64. The van der Waals surface area contributed by atoms with Gasteiger partial charge in [0.25, 0.3) is 0 Å². The number of hydrogen-bond acceptors (Lipinski definition) is 5. The Kier molecular flexibility index (Phi) is 3.38. The van der Waals surface area contributed by atoms with Crippen molar-refractivity contribution in [3.8, 4) is 5.75 Å². The van der Waals surface area contributed by atoms with Gasteiger partial charge in [-0.3, -0.25) is 0 Å². The molecule has 2 heterocycles. The number of hydrogen-bond donors (Lipinski definition) is 2. The van der Waals surface area contributed by atoms with Crippen LogP contribution in [0.5, 0.6) is 5.75 Å². The topological polar surface area (TPSA) is 81.3 Å². The van der Waals surface area contributed by atoms with Crippen LogP contribution >= 0.6 is 0 Å². The minimum absolute atomic E-state index is 0.326. The molecule has 0 bridgehead atoms. The van der Waals surface area contributed by atoms with Crippen LogP contribution < -0.4 is 10.5 Å². The predicted molar refractivity (Wildman–Crippen MR) is 74.1 cm³/mol. The highest BCUT2D eigenvalue weighted by atomic mass is 16.5. The van der Waals surface area contributed by atoms with Crippen LogP contribution in [0, 0.1) is 5.41 Å². The molecule has 20 heavy (non-hydrogen) atoms. The summed E-state index contributed by atoms with van der Waals surface area (Å²) in [6, 6.07) is 9.56. The second kappa shape index (κ2) is 5.19. The van der Waals surface area contributed by atoms with Crippen molar-refractivity contribution in [1.82, 2.24) is 9.97 Å². The van der Waals surface area contributed by atoms with E-state index in [-0.39, 0.29) is 0 Å². The Morgan fingerprint density at radius 2 is 2.20 bits per heavy atom. The van der Waals surface area contributed by atoms with Crippen molar-refractivity contribution in [2.75, 3.05) is 13.2 Å². The molecule has 2 unspecified atom stereocenters. The Morgan fingerprint density at radius 3 is 2.95 bits per heavy atom. The van der Waals surface area contributed by atoms with Crippen LogP contribution in [0.3, 0.4) is 0 Å². The summed E-state index contributed by atoms with van der Waals surface area (Å²) in [5, 5.41) is 10.7. The monoisotopic (exact) mass is 271 g/mol. The van der Waals surface area contributed by atoms with E-state index in [0.717, 1.165) is 11.3 Å². The van der Waals surface area contributed by atoms with Gasteiger partial charge in [0.05, 0.1) is 17.7 Å². The second-order valence-corrected chi connectivity index (χ2v) is 5.18. The minimum Gasteiger partial charge on any atom is -0.493 e. The van der Waals surface area contributed by atoms with Crippen molar-refractivity contribution in [3.05, 3.63) is 54.1 Å². The molecule has 5 heteroatoms. The first-order valence-electron chi connectivity index (χ1n) is 6.60. The summed E-state index contributed by atoms with van der Waals surface area (Å²) in [6.45, 7) is 0.707. The van der Waals surface area contributed by atoms with E-state index >= 15 is 0 Å². The van der Waals surface area contributed by atoms with E-state index in [1.807, 2.05) is 24.3 Å². The molecule has 2 aromatic rings. The molecule has 0 amide bonds. The molecule has 1 aromatic heterocycles. The standard InChI is InChI=1S/C15H17N3O2/c16-8-15(14(19)12-5-6-17-10-18-12)7-11-3-1-2-4-13(11)20-9-15/h1-6,10,14,19H,7-9,16H2. The Balaban J connectivity index is 1.94. The van der Waals surface area contributed by atoms with E-state index in [2.05, 4.69) is 9.97 Å². The van der Waals surface area contributed by atoms with Crippen LogP contribution in [-0.4, -0.2) is 28.2 Å². The number of aliphatic hydroxyl groups excluding tert-OH is 1. The number of nitrogens with two attached hydrogens (primary N) is 1. The van der Waals surface area contributed by atoms with Gasteiger partial charge < -0.3 is 15.6 Å². The first-order chi connectivity index (χ1) is 9.75. The SMILES string of the molecule is NCC1(C(O)c2ccncn2)COc2ccccc2C1. The molecule has 0 fully saturated rings. The molecule has 0 saturated heterocycles. The number of ether oxygens (including phenoxy) is 1. The molecular weight excluding hydrogens is 254 g/mol. The molecule has 3 N–H and O–H groups in total. The third-order valence-corrected chi connectivity index (χ3v) is 3.90. The number of aliphatic hydroxyl groups is 1. The average molecular weight is 271 g/mol. The maximum Gasteiger partial charge on any atom is 0.122 e. The van der Waals surface area contributed by atoms with Gasteiger partial charge in [0.15, 0.2) is 0 Å². The summed E-state index contributed by atoms with van der Waals surface area (Å²) in [4.78, 5) is 8.00. The number of aromatic nitrogens is 2. The zero-order chi connectivity index (χ0) is 14.0. The summed E-state index contributed by atoms with van der Waals surface area (Å²) in [5.74, 6) is 0.867. The summed E-state index contributed by atoms with van der Waals surface area (Å²) in [7, 11) is 0. The Bertz CT molecular complexity index is 591. The van der Waals surface area contributed by atoms with Crippen LogP contribution in [-0.2, 0) is 6.42 Å². The van der Waals surface area contributed by atoms with Gasteiger partial charge in [-0.05, 0) is 24.1 Å². The lowest BCUT2D eigenvalue weighted by Gasteiger charge is -2.40. The van der Waals surface area contributed by atoms with Crippen molar-refractivity contribution in [2.45, 2.75) is 12.5 Å². The van der Waals surface area contributed by atoms with Crippen molar-refractivity contribution < 1.29 is 9.84 Å². The zero-order valence-electron chi connectivity index (χ0n) is 11.1. The normalized spacial score (nSPS) is 22.7. The quantitative estimate of drug-likeness (QED) is 0.873. The summed E-state index contributed by atoms with van der Waals surface area (Å²) in [5.41, 5.74) is 7.04. The van der Waals surface area contributed by atoms with Crippen LogP contribution in [0.4, 0.5) is 0 Å². The van der Waals surface area contributed by atoms with Crippen molar-refractivity contribution in [2.24, 2.45) is 11.1 Å². The third kappa shape index (κ3) is 2.15. The first-order valence-corrected chi connectivity index (χ1v) is 6.60. The van der Waals surface area contributed by atoms with Gasteiger partial charge in [0, 0.05) is 12.7 Å². The van der Waals surface area contributed by atoms with E-state index in [0.29, 0.717) is 25.3 Å². The van der Waals surface area contributed by atoms with Gasteiger partial charge >= 0.3 is 0 Å². The molecule has 1 aromatic carbocycles. The lowest BCUT2D eigenvalue weighted by Crippen LogP contribution is -2.46. The Labute approximate surface area is 117 Å². The fourth-order valence-corrected chi connectivity index (χ4v) is 2.64. The molecule has 0 aliphatic carbocycles. The van der Waals surface area contributed by atoms with Crippen molar-refractivity contribution >= 4 is 0 Å². The fraction of sp³-hybridized carbons (Fsp3) is 0.333. The second-order valence-electron chi connectivity index (χ2n) is 5.18. The maximum atomic E-state index is 10.7. The van der Waals surface area contributed by atoms with Crippen molar-refractivity contribution in [1.29, 1.82) is 0 Å². The molecule has 2 atom stereocenters. The molecule has 5 nitrogen and oxygen atoms in total. The molecule has 3 rings (SSSR count). The van der Waals surface area contributed by atoms with Gasteiger partial charge in [-0.25, -0.2) is 9.97 Å². The predicted octanol–water partition coefficient (Wildman–Crippen LogP) is 1.09. The minimum atomic E-state index is -0.774. The van der Waals surface area contributed by atoms with E-state index < -0.39 is 11.5 Å². The molecule has 104 valence electrons. The highest BCUT2D eigenvalue weighted by Gasteiger charge is 2.42. The smallest absolute Gasteiger partial charge is 0.122 e. The van der Waals surface area contributed by atoms with Crippen molar-refractivity contribution in [3.63, 3.8) is 0 Å². The van der Waals surface area contributed by atoms with E-state index in [9.17, 15) is 5.11 Å². The largest absolute Gasteiger partial charge is 0.493 e. The van der Waals surface area contributed by atoms with Crippen LogP contribution in [0.25, 0.3) is 0 Å². The molecule has 0 spiro atoms. The number of nitrogens with zero attached hydrogens (tertiary/aromatic N) is 2. The van der Waals surface area contributed by atoms with E-state index in [4.69, 9.17) is 10.5 Å². The number of fused-ring (bicyclic) bond motifs is 1. The third-order valence-electron chi connectivity index (χ3n) is 3.90. The highest BCUT2D eigenvalue weighted by molar-refractivity contribution is 5.37. The lowest BCUT2D eigenvalue weighted by molar-refractivity contribution is -0.0186. The summed E-state index contributed by atoms with van der Waals surface area (Å²) in [6.07, 6.45) is 2.95. The molecule has 1 aliphatic rings. The van der Waals surface area contributed by atoms with Gasteiger partial charge in [-0.2, -0.15) is 0 Å². The molecule has 1 aliphatic heterocycles. The first kappa shape index (κ1) is 13.0. The van der Waals surface area contributed by atoms with Gasteiger partial charge in [0.1, 0.15) is 18.2 Å². The number of benzene rings is 1. The van der Waals surface area contributed by atoms with E-state index in [1.165, 1.54) is 6.33 Å². The Hall–Kier alpha value is -1.98. The van der Waals surface area contributed by atoms with Gasteiger partial charge in [-0.15, -0.1) is 0 Å². The number of rotatable bonds is 3. The molecule has 0 saturated carbocycles. The Morgan fingerprint density at radius 1 is 1.35 bits per heavy atom. The highest BCUT2D eigenvalue weighted by Crippen LogP contribution is 2.41. The molecule has 0 radical (unpaired) electrons. The zero-order valence-corrected chi connectivity index (χ0v) is 11.1. The van der Waals surface area contributed by atoms with Gasteiger partial charge in [0.2, 0.25) is 0 Å². The average Bonchev–Trinajstić information content (AvgIpc) is 2.54. The van der Waals surface area contributed by atoms with Crippen LogP contribution in [0.1, 0.15) is 17.4 Å². The number of para-hydroxylation sites is 1. The van der Waals surface area contributed by atoms with E-state index in [1.54, 1.807) is 12.3 Å². The lowest BCUT2D eigenvalue weighted by atomic mass is 9.74. The molecular formula is C15H17N3O2. The summed E-state index contributed by atoms with van der Waals surface area (Å²) >= 11 is 0. The van der Waals surface area contributed by atoms with Crippen LogP contribution in [0.15, 0.2) is 42.9 Å². The maximum absolute atomic E-state index is 10.7. The summed E-state index contributed by atoms with van der Waals surface area (Å²) < 4.78 is 5.79. The van der Waals surface area contributed by atoms with Crippen LogP contribution in [0.2, 0.25) is 0 Å².